The van der Waals surface area contributed by atoms with Crippen LogP contribution in [0, 0.1) is 5.82 Å². The molecule has 19 heavy (non-hydrogen) atoms. The first kappa shape index (κ1) is 12.1. The van der Waals surface area contributed by atoms with Crippen molar-refractivity contribution in [2.45, 2.75) is 11.3 Å². The fourth-order valence-electron chi connectivity index (χ4n) is 1.84. The molecule has 1 aliphatic rings. The molecule has 0 amide bonds. The molecule has 0 fully saturated rings. The molecule has 0 saturated carbocycles. The Bertz CT molecular complexity index is 615. The highest BCUT2D eigenvalue weighted by Gasteiger charge is 2.16. The van der Waals surface area contributed by atoms with Crippen molar-refractivity contribution in [1.82, 2.24) is 9.97 Å². The van der Waals surface area contributed by atoms with Crippen molar-refractivity contribution < 1.29 is 4.39 Å². The molecule has 1 aromatic heterocycles. The second kappa shape index (κ2) is 5.36. The van der Waals surface area contributed by atoms with Crippen LogP contribution in [-0.2, 0) is 0 Å². The molecule has 0 radical (unpaired) electrons. The predicted octanol–water partition coefficient (Wildman–Crippen LogP) is 2.93. The third-order valence-electron chi connectivity index (χ3n) is 2.71. The van der Waals surface area contributed by atoms with Gasteiger partial charge in [0, 0.05) is 35.0 Å². The number of hydrazone groups is 1. The van der Waals surface area contributed by atoms with Gasteiger partial charge >= 0.3 is 0 Å². The van der Waals surface area contributed by atoms with E-state index in [1.807, 2.05) is 0 Å². The molecule has 0 saturated heterocycles. The Morgan fingerprint density at radius 3 is 2.95 bits per heavy atom. The molecule has 0 atom stereocenters. The Balaban J connectivity index is 1.89. The number of aromatic nitrogens is 2. The van der Waals surface area contributed by atoms with E-state index < -0.39 is 0 Å². The van der Waals surface area contributed by atoms with Gasteiger partial charge in [0.1, 0.15) is 5.82 Å². The van der Waals surface area contributed by atoms with Gasteiger partial charge in [-0.05, 0) is 24.3 Å². The standard InChI is InChI=1S/C13H11FN4S/c14-9-2-3-12-10(8-9)11(4-7-19-12)17-18-13-15-5-1-6-16-13/h1-3,5-6,8H,4,7H2,(H,15,16,18)/b17-11+. The normalized spacial score (nSPS) is 16.2. The SMILES string of the molecule is Fc1ccc2c(c1)/C(=N/Nc1ncccn1)CCS2. The highest BCUT2D eigenvalue weighted by atomic mass is 32.2. The van der Waals surface area contributed by atoms with Crippen LogP contribution in [0.3, 0.4) is 0 Å². The minimum atomic E-state index is -0.245. The van der Waals surface area contributed by atoms with E-state index in [4.69, 9.17) is 0 Å². The lowest BCUT2D eigenvalue weighted by molar-refractivity contribution is 0.626. The number of hydrogen-bond donors (Lipinski definition) is 1. The van der Waals surface area contributed by atoms with Gasteiger partial charge < -0.3 is 0 Å². The fraction of sp³-hybridized carbons (Fsp3) is 0.154. The van der Waals surface area contributed by atoms with Gasteiger partial charge in [-0.3, -0.25) is 0 Å². The van der Waals surface area contributed by atoms with Crippen molar-refractivity contribution in [2.24, 2.45) is 5.10 Å². The van der Waals surface area contributed by atoms with Crippen molar-refractivity contribution in [3.8, 4) is 0 Å². The van der Waals surface area contributed by atoms with Gasteiger partial charge in [-0.1, -0.05) is 0 Å². The Kier molecular flexibility index (Phi) is 3.41. The zero-order valence-corrected chi connectivity index (χ0v) is 10.8. The van der Waals surface area contributed by atoms with Crippen molar-refractivity contribution in [3.63, 3.8) is 0 Å². The number of benzene rings is 1. The largest absolute Gasteiger partial charge is 0.245 e. The molecule has 96 valence electrons. The summed E-state index contributed by atoms with van der Waals surface area (Å²) >= 11 is 1.72. The number of nitrogens with one attached hydrogen (secondary N) is 1. The monoisotopic (exact) mass is 274 g/mol. The zero-order chi connectivity index (χ0) is 13.1. The topological polar surface area (TPSA) is 50.2 Å². The summed E-state index contributed by atoms with van der Waals surface area (Å²) in [5, 5.41) is 4.30. The molecular weight excluding hydrogens is 263 g/mol. The maximum Gasteiger partial charge on any atom is 0.243 e. The summed E-state index contributed by atoms with van der Waals surface area (Å²) in [7, 11) is 0. The van der Waals surface area contributed by atoms with Crippen LogP contribution in [0.2, 0.25) is 0 Å². The van der Waals surface area contributed by atoms with Crippen LogP contribution < -0.4 is 5.43 Å². The van der Waals surface area contributed by atoms with Crippen molar-refractivity contribution in [3.05, 3.63) is 48.0 Å². The number of nitrogens with zero attached hydrogens (tertiary/aromatic N) is 3. The number of anilines is 1. The highest BCUT2D eigenvalue weighted by Crippen LogP contribution is 2.30. The Morgan fingerprint density at radius 1 is 1.26 bits per heavy atom. The van der Waals surface area contributed by atoms with Crippen LogP contribution in [0.5, 0.6) is 0 Å². The van der Waals surface area contributed by atoms with Gasteiger partial charge in [0.2, 0.25) is 5.95 Å². The maximum atomic E-state index is 13.3. The Morgan fingerprint density at radius 2 is 2.11 bits per heavy atom. The summed E-state index contributed by atoms with van der Waals surface area (Å²) in [4.78, 5) is 9.11. The van der Waals surface area contributed by atoms with Crippen LogP contribution in [0.15, 0.2) is 46.7 Å². The second-order valence-corrected chi connectivity index (χ2v) is 5.12. The first-order valence-corrected chi connectivity index (χ1v) is 6.84. The molecule has 2 aromatic rings. The van der Waals surface area contributed by atoms with E-state index in [0.29, 0.717) is 5.95 Å². The van der Waals surface area contributed by atoms with Crippen LogP contribution in [-0.4, -0.2) is 21.4 Å². The third kappa shape index (κ3) is 2.73. The van der Waals surface area contributed by atoms with Crippen molar-refractivity contribution in [2.75, 3.05) is 11.2 Å². The van der Waals surface area contributed by atoms with Crippen LogP contribution in [0.25, 0.3) is 0 Å². The third-order valence-corrected chi connectivity index (χ3v) is 3.78. The van der Waals surface area contributed by atoms with E-state index in [1.165, 1.54) is 12.1 Å². The maximum absolute atomic E-state index is 13.3. The number of fused-ring (bicyclic) bond motifs is 1. The predicted molar refractivity (Wildman–Crippen MR) is 73.9 cm³/mol. The van der Waals surface area contributed by atoms with Crippen LogP contribution in [0.1, 0.15) is 12.0 Å². The van der Waals surface area contributed by atoms with E-state index >= 15 is 0 Å². The number of halogens is 1. The van der Waals surface area contributed by atoms with Gasteiger partial charge in [-0.15, -0.1) is 11.8 Å². The number of thioether (sulfide) groups is 1. The van der Waals surface area contributed by atoms with Gasteiger partial charge in [0.05, 0.1) is 5.71 Å². The summed E-state index contributed by atoms with van der Waals surface area (Å²) in [6.07, 6.45) is 4.07. The zero-order valence-electron chi connectivity index (χ0n) is 10.0. The molecule has 0 aliphatic carbocycles. The molecular formula is C13H11FN4S. The van der Waals surface area contributed by atoms with Crippen LogP contribution in [0.4, 0.5) is 10.3 Å². The molecule has 0 bridgehead atoms. The molecule has 4 nitrogen and oxygen atoms in total. The van der Waals surface area contributed by atoms with Gasteiger partial charge in [0.25, 0.3) is 0 Å². The van der Waals surface area contributed by atoms with Crippen LogP contribution >= 0.6 is 11.8 Å². The van der Waals surface area contributed by atoms with Gasteiger partial charge in [-0.2, -0.15) is 5.10 Å². The van der Waals surface area contributed by atoms with Crippen molar-refractivity contribution >= 4 is 23.4 Å². The smallest absolute Gasteiger partial charge is 0.243 e. The van der Waals surface area contributed by atoms with E-state index in [0.717, 1.165) is 28.3 Å². The fourth-order valence-corrected chi connectivity index (χ4v) is 2.85. The molecule has 1 aliphatic heterocycles. The molecule has 2 heterocycles. The van der Waals surface area contributed by atoms with E-state index in [1.54, 1.807) is 36.3 Å². The summed E-state index contributed by atoms with van der Waals surface area (Å²) in [5.41, 5.74) is 4.49. The summed E-state index contributed by atoms with van der Waals surface area (Å²) in [6, 6.07) is 6.53. The first-order chi connectivity index (χ1) is 9.33. The van der Waals surface area contributed by atoms with Gasteiger partial charge in [-0.25, -0.2) is 19.8 Å². The Hall–Kier alpha value is -1.95. The minimum absolute atomic E-state index is 0.245. The van der Waals surface area contributed by atoms with Crippen molar-refractivity contribution in [1.29, 1.82) is 0 Å². The average molecular weight is 274 g/mol. The number of rotatable bonds is 2. The van der Waals surface area contributed by atoms with E-state index in [2.05, 4.69) is 20.5 Å². The minimum Gasteiger partial charge on any atom is -0.245 e. The quantitative estimate of drug-likeness (QED) is 0.855. The van der Waals surface area contributed by atoms with E-state index in [9.17, 15) is 4.39 Å². The van der Waals surface area contributed by atoms with E-state index in [-0.39, 0.29) is 5.82 Å². The molecule has 1 aromatic carbocycles. The summed E-state index contributed by atoms with van der Waals surface area (Å²) in [6.45, 7) is 0. The average Bonchev–Trinajstić information content (AvgIpc) is 2.46. The second-order valence-electron chi connectivity index (χ2n) is 3.98. The molecule has 3 rings (SSSR count). The summed E-state index contributed by atoms with van der Waals surface area (Å²) < 4.78 is 13.3. The highest BCUT2D eigenvalue weighted by molar-refractivity contribution is 7.99. The lowest BCUT2D eigenvalue weighted by atomic mass is 10.1. The molecule has 6 heteroatoms. The first-order valence-electron chi connectivity index (χ1n) is 5.85. The Labute approximate surface area is 114 Å². The summed E-state index contributed by atoms with van der Waals surface area (Å²) in [5.74, 6) is 1.13. The molecule has 0 spiro atoms. The number of hydrogen-bond acceptors (Lipinski definition) is 5. The lowest BCUT2D eigenvalue weighted by Gasteiger charge is -2.17. The lowest BCUT2D eigenvalue weighted by Crippen LogP contribution is -2.12. The van der Waals surface area contributed by atoms with Gasteiger partial charge in [0.15, 0.2) is 0 Å². The molecule has 0 unspecified atom stereocenters. The molecule has 1 N–H and O–H groups in total.